The molecule has 0 aliphatic carbocycles. The van der Waals surface area contributed by atoms with Gasteiger partial charge in [0.1, 0.15) is 0 Å². The molecule has 0 rings (SSSR count). The zero-order chi connectivity index (χ0) is 8.62. The first-order chi connectivity index (χ1) is 4.41. The molecule has 0 aromatic heterocycles. The minimum Gasteiger partial charge on any atom is -0.382 e. The highest BCUT2D eigenvalue weighted by molar-refractivity contribution is 9.09. The largest absolute Gasteiger partial charge is 0.448 e. The number of hydrogen-bond donors (Lipinski definition) is 0. The first-order valence-corrected chi connectivity index (χ1v) is 3.54. The molecule has 0 spiro atoms. The fraction of sp³-hybridized carbons (Fsp3) is 1.00. The second-order valence-electron chi connectivity index (χ2n) is 1.21. The number of alkyl halides is 4. The third kappa shape index (κ3) is 86.5. The van der Waals surface area contributed by atoms with Crippen molar-refractivity contribution in [2.45, 2.75) is 18.9 Å². The second-order valence-corrected chi connectivity index (χ2v) is 2.11. The van der Waals surface area contributed by atoms with Gasteiger partial charge in [0.2, 0.25) is 0 Å². The summed E-state index contributed by atoms with van der Waals surface area (Å²) in [5.41, 5.74) is 0. The topological polar surface area (TPSA) is 9.23 Å². The van der Waals surface area contributed by atoms with Crippen LogP contribution in [-0.2, 0) is 4.74 Å². The molecule has 0 saturated carbocycles. The third-order valence-electron chi connectivity index (χ3n) is 0.408. The lowest BCUT2D eigenvalue weighted by molar-refractivity contribution is -0.0245. The van der Waals surface area contributed by atoms with Crippen LogP contribution in [0.1, 0.15) is 13.8 Å². The quantitative estimate of drug-likeness (QED) is 0.654. The highest BCUT2D eigenvalue weighted by Gasteiger charge is 2.19. The van der Waals surface area contributed by atoms with Gasteiger partial charge in [0, 0.05) is 29.1 Å². The maximum atomic E-state index is 10.3. The Balaban J connectivity index is 0. The molecule has 1 nitrogen and oxygen atoms in total. The Morgan fingerprint density at radius 3 is 1.40 bits per heavy atom. The van der Waals surface area contributed by atoms with Gasteiger partial charge in [-0.3, -0.25) is 0 Å². The van der Waals surface area contributed by atoms with Crippen molar-refractivity contribution < 1.29 is 17.9 Å². The standard InChI is InChI=1S/C4H10O.CBrF3/c1-3-5-4-2;2-1(3,4)5/h3-4H2,1-2H3;. The molecule has 0 aliphatic rings. The molecule has 0 bridgehead atoms. The smallest absolute Gasteiger partial charge is 0.382 e. The third-order valence-corrected chi connectivity index (χ3v) is 0.408. The molecule has 0 fully saturated rings. The molecule has 0 aromatic rings. The Morgan fingerprint density at radius 1 is 1.20 bits per heavy atom. The van der Waals surface area contributed by atoms with Crippen molar-refractivity contribution in [1.82, 2.24) is 0 Å². The highest BCUT2D eigenvalue weighted by atomic mass is 79.9. The van der Waals surface area contributed by atoms with Crippen molar-refractivity contribution in [3.8, 4) is 0 Å². The SMILES string of the molecule is CCOCC.FC(F)(F)Br. The lowest BCUT2D eigenvalue weighted by Crippen LogP contribution is -1.88. The Bertz CT molecular complexity index is 56.4. The Hall–Kier alpha value is 0.230. The highest BCUT2D eigenvalue weighted by Crippen LogP contribution is 2.21. The van der Waals surface area contributed by atoms with E-state index in [1.165, 1.54) is 15.9 Å². The van der Waals surface area contributed by atoms with Gasteiger partial charge < -0.3 is 4.74 Å². The van der Waals surface area contributed by atoms with Crippen molar-refractivity contribution >= 4 is 15.9 Å². The number of ether oxygens (including phenoxy) is 1. The summed E-state index contributed by atoms with van der Waals surface area (Å²) < 4.78 is 35.6. The molecule has 0 heterocycles. The van der Waals surface area contributed by atoms with Gasteiger partial charge in [-0.1, -0.05) is 0 Å². The summed E-state index contributed by atoms with van der Waals surface area (Å²) in [7, 11) is 0. The van der Waals surface area contributed by atoms with Crippen molar-refractivity contribution in [1.29, 1.82) is 0 Å². The van der Waals surface area contributed by atoms with E-state index in [2.05, 4.69) is 0 Å². The Morgan fingerprint density at radius 2 is 1.40 bits per heavy atom. The van der Waals surface area contributed by atoms with Gasteiger partial charge in [-0.15, -0.1) is 0 Å². The molecule has 64 valence electrons. The second kappa shape index (κ2) is 7.34. The van der Waals surface area contributed by atoms with Crippen LogP contribution < -0.4 is 0 Å². The zero-order valence-electron chi connectivity index (χ0n) is 5.83. The van der Waals surface area contributed by atoms with E-state index in [0.717, 1.165) is 13.2 Å². The van der Waals surface area contributed by atoms with Crippen LogP contribution >= 0.6 is 15.9 Å². The summed E-state index contributed by atoms with van der Waals surface area (Å²) in [6, 6.07) is 0. The molecule has 0 N–H and O–H groups in total. The van der Waals surface area contributed by atoms with Crippen LogP contribution in [0.25, 0.3) is 0 Å². The van der Waals surface area contributed by atoms with Gasteiger partial charge in [-0.25, -0.2) is 0 Å². The molecular formula is C5H10BrF3O. The van der Waals surface area contributed by atoms with Gasteiger partial charge >= 0.3 is 5.09 Å². The summed E-state index contributed by atoms with van der Waals surface area (Å²) in [5.74, 6) is 0. The molecule has 0 aromatic carbocycles. The number of hydrogen-bond acceptors (Lipinski definition) is 1. The monoisotopic (exact) mass is 222 g/mol. The number of halogens is 4. The van der Waals surface area contributed by atoms with Crippen molar-refractivity contribution in [2.24, 2.45) is 0 Å². The van der Waals surface area contributed by atoms with Gasteiger partial charge in [-0.05, 0) is 13.8 Å². The van der Waals surface area contributed by atoms with Gasteiger partial charge in [0.15, 0.2) is 0 Å². The van der Waals surface area contributed by atoms with Crippen molar-refractivity contribution in [3.05, 3.63) is 0 Å². The van der Waals surface area contributed by atoms with E-state index in [4.69, 9.17) is 4.74 Å². The molecule has 0 radical (unpaired) electrons. The van der Waals surface area contributed by atoms with E-state index >= 15 is 0 Å². The van der Waals surface area contributed by atoms with E-state index in [9.17, 15) is 13.2 Å². The molecular weight excluding hydrogens is 213 g/mol. The maximum Gasteiger partial charge on any atom is 0.448 e. The van der Waals surface area contributed by atoms with Crippen LogP contribution in [0.5, 0.6) is 0 Å². The van der Waals surface area contributed by atoms with E-state index in [0.29, 0.717) is 0 Å². The van der Waals surface area contributed by atoms with E-state index < -0.39 is 5.09 Å². The molecule has 0 amide bonds. The van der Waals surface area contributed by atoms with E-state index in [-0.39, 0.29) is 0 Å². The van der Waals surface area contributed by atoms with Crippen LogP contribution in [0.2, 0.25) is 0 Å². The normalized spacial score (nSPS) is 10.2. The minimum absolute atomic E-state index is 0.844. The van der Waals surface area contributed by atoms with E-state index in [1.54, 1.807) is 0 Å². The summed E-state index contributed by atoms with van der Waals surface area (Å²) in [6.07, 6.45) is 0. The van der Waals surface area contributed by atoms with Crippen LogP contribution in [0.15, 0.2) is 0 Å². The minimum atomic E-state index is -4.19. The number of rotatable bonds is 2. The van der Waals surface area contributed by atoms with Crippen LogP contribution in [0.4, 0.5) is 13.2 Å². The summed E-state index contributed by atoms with van der Waals surface area (Å²) in [4.78, 5) is 0. The average molecular weight is 223 g/mol. The molecule has 0 unspecified atom stereocenters. The van der Waals surface area contributed by atoms with Gasteiger partial charge in [0.05, 0.1) is 0 Å². The van der Waals surface area contributed by atoms with Crippen LogP contribution in [0, 0.1) is 0 Å². The predicted molar refractivity (Wildman–Crippen MR) is 37.1 cm³/mol. The van der Waals surface area contributed by atoms with Crippen molar-refractivity contribution in [3.63, 3.8) is 0 Å². The maximum absolute atomic E-state index is 10.3. The summed E-state index contributed by atoms with van der Waals surface area (Å²) in [6.45, 7) is 5.67. The van der Waals surface area contributed by atoms with Gasteiger partial charge in [-0.2, -0.15) is 13.2 Å². The molecule has 5 heteroatoms. The van der Waals surface area contributed by atoms with Crippen molar-refractivity contribution in [2.75, 3.05) is 13.2 Å². The van der Waals surface area contributed by atoms with Crippen LogP contribution in [0.3, 0.4) is 0 Å². The lowest BCUT2D eigenvalue weighted by Gasteiger charge is -1.86. The molecule has 0 saturated heterocycles. The first kappa shape index (κ1) is 12.9. The molecule has 0 atom stereocenters. The first-order valence-electron chi connectivity index (χ1n) is 2.75. The van der Waals surface area contributed by atoms with Gasteiger partial charge in [0.25, 0.3) is 0 Å². The lowest BCUT2D eigenvalue weighted by atomic mass is 10.8. The average Bonchev–Trinajstić information content (AvgIpc) is 1.63. The Kier molecular flexibility index (Phi) is 9.44. The zero-order valence-corrected chi connectivity index (χ0v) is 7.42. The van der Waals surface area contributed by atoms with Crippen LogP contribution in [-0.4, -0.2) is 18.3 Å². The summed E-state index contributed by atoms with van der Waals surface area (Å²) >= 11 is 1.38. The molecule has 0 aliphatic heterocycles. The Labute approximate surface area is 66.7 Å². The predicted octanol–water partition coefficient (Wildman–Crippen LogP) is 2.94. The summed E-state index contributed by atoms with van der Waals surface area (Å²) in [5, 5.41) is -4.19. The molecule has 10 heavy (non-hydrogen) atoms. The van der Waals surface area contributed by atoms with E-state index in [1.807, 2.05) is 13.8 Å². The fourth-order valence-corrected chi connectivity index (χ4v) is 0.204. The fourth-order valence-electron chi connectivity index (χ4n) is 0.204.